The molecule has 0 amide bonds. The Hall–Kier alpha value is 0.390. The van der Waals surface area contributed by atoms with Crippen molar-refractivity contribution in [1.29, 1.82) is 0 Å². The van der Waals surface area contributed by atoms with Crippen molar-refractivity contribution in [3.63, 3.8) is 0 Å². The number of rotatable bonds is 6. The van der Waals surface area contributed by atoms with E-state index in [-0.39, 0.29) is 0 Å². The molecule has 2 fully saturated rings. The van der Waals surface area contributed by atoms with E-state index >= 15 is 0 Å². The van der Waals surface area contributed by atoms with Gasteiger partial charge in [-0.1, -0.05) is 15.9 Å². The number of nitrogens with one attached hydrogen (secondary N) is 1. The van der Waals surface area contributed by atoms with E-state index in [1.54, 1.807) is 0 Å². The van der Waals surface area contributed by atoms with E-state index < -0.39 is 10.0 Å². The lowest BCUT2D eigenvalue weighted by Gasteiger charge is -2.10. The molecule has 2 aliphatic carbocycles. The quantitative estimate of drug-likeness (QED) is 0.750. The van der Waals surface area contributed by atoms with E-state index in [1.165, 1.54) is 12.8 Å². The van der Waals surface area contributed by atoms with Crippen molar-refractivity contribution in [3.8, 4) is 0 Å². The van der Waals surface area contributed by atoms with Gasteiger partial charge in [-0.05, 0) is 37.5 Å². The molecule has 0 aromatic carbocycles. The molecule has 2 aliphatic rings. The molecule has 82 valence electrons. The van der Waals surface area contributed by atoms with Crippen molar-refractivity contribution in [1.82, 2.24) is 4.72 Å². The van der Waals surface area contributed by atoms with Gasteiger partial charge >= 0.3 is 0 Å². The second kappa shape index (κ2) is 4.10. The van der Waals surface area contributed by atoms with Crippen molar-refractivity contribution in [2.45, 2.75) is 30.5 Å². The molecule has 2 saturated carbocycles. The Morgan fingerprint density at radius 2 is 1.93 bits per heavy atom. The summed E-state index contributed by atoms with van der Waals surface area (Å²) in [5.74, 6) is 1.46. The topological polar surface area (TPSA) is 46.2 Å². The van der Waals surface area contributed by atoms with Crippen LogP contribution in [0.3, 0.4) is 0 Å². The van der Waals surface area contributed by atoms with E-state index in [4.69, 9.17) is 0 Å². The fourth-order valence-corrected chi connectivity index (χ4v) is 3.90. The average molecular weight is 282 g/mol. The summed E-state index contributed by atoms with van der Waals surface area (Å²) in [5, 5.41) is 0. The minimum atomic E-state index is -3.00. The standard InChI is InChI=1S/C9H16BrNO2S/c10-9(8-3-4-8)5-11-14(12,13)6-7-1-2-7/h7-9,11H,1-6H2. The zero-order valence-corrected chi connectivity index (χ0v) is 10.5. The van der Waals surface area contributed by atoms with Crippen LogP contribution < -0.4 is 4.72 Å². The summed E-state index contributed by atoms with van der Waals surface area (Å²) in [6.07, 6.45) is 4.64. The lowest BCUT2D eigenvalue weighted by molar-refractivity contribution is 0.574. The molecule has 0 aliphatic heterocycles. The smallest absolute Gasteiger partial charge is 0.211 e. The van der Waals surface area contributed by atoms with Crippen molar-refractivity contribution in [2.24, 2.45) is 11.8 Å². The van der Waals surface area contributed by atoms with Crippen molar-refractivity contribution in [2.75, 3.05) is 12.3 Å². The minimum Gasteiger partial charge on any atom is -0.214 e. The first-order valence-electron chi connectivity index (χ1n) is 5.18. The molecule has 0 saturated heterocycles. The van der Waals surface area contributed by atoms with Crippen LogP contribution in [0.15, 0.2) is 0 Å². The first kappa shape index (κ1) is 10.9. The SMILES string of the molecule is O=S(=O)(CC1CC1)NCC(Br)C1CC1. The highest BCUT2D eigenvalue weighted by Gasteiger charge is 2.31. The van der Waals surface area contributed by atoms with Gasteiger partial charge < -0.3 is 0 Å². The van der Waals surface area contributed by atoms with Crippen molar-refractivity contribution >= 4 is 26.0 Å². The zero-order valence-electron chi connectivity index (χ0n) is 8.08. The molecule has 0 aromatic heterocycles. The normalized spacial score (nSPS) is 24.9. The average Bonchev–Trinajstić information content (AvgIpc) is 2.91. The van der Waals surface area contributed by atoms with Crippen LogP contribution in [0.5, 0.6) is 0 Å². The first-order valence-corrected chi connectivity index (χ1v) is 7.75. The number of hydrogen-bond donors (Lipinski definition) is 1. The monoisotopic (exact) mass is 281 g/mol. The lowest BCUT2D eigenvalue weighted by atomic mass is 10.3. The molecular formula is C9H16BrNO2S. The number of alkyl halides is 1. The summed E-state index contributed by atoms with van der Waals surface area (Å²) < 4.78 is 25.7. The van der Waals surface area contributed by atoms with Gasteiger partial charge in [0.25, 0.3) is 0 Å². The van der Waals surface area contributed by atoms with Gasteiger partial charge in [0.15, 0.2) is 0 Å². The lowest BCUT2D eigenvalue weighted by Crippen LogP contribution is -2.32. The highest BCUT2D eigenvalue weighted by atomic mass is 79.9. The Bertz CT molecular complexity index is 296. The summed E-state index contributed by atoms with van der Waals surface area (Å²) >= 11 is 3.51. The molecule has 3 nitrogen and oxygen atoms in total. The van der Waals surface area contributed by atoms with Crippen LogP contribution in [0.1, 0.15) is 25.7 Å². The van der Waals surface area contributed by atoms with Gasteiger partial charge in [0.2, 0.25) is 10.0 Å². The van der Waals surface area contributed by atoms with Crippen LogP contribution >= 0.6 is 15.9 Å². The van der Waals surface area contributed by atoms with E-state index in [2.05, 4.69) is 20.7 Å². The molecule has 0 heterocycles. The van der Waals surface area contributed by atoms with E-state index in [0.717, 1.165) is 12.8 Å². The fraction of sp³-hybridized carbons (Fsp3) is 1.00. The molecule has 14 heavy (non-hydrogen) atoms. The molecule has 5 heteroatoms. The third-order valence-corrected chi connectivity index (χ3v) is 5.37. The molecule has 1 unspecified atom stereocenters. The van der Waals surface area contributed by atoms with Crippen LogP contribution in [0.4, 0.5) is 0 Å². The zero-order chi connectivity index (χ0) is 10.2. The summed E-state index contributed by atoms with van der Waals surface area (Å²) in [7, 11) is -3.00. The van der Waals surface area contributed by atoms with E-state index in [1.807, 2.05) is 0 Å². The molecule has 2 rings (SSSR count). The third kappa shape index (κ3) is 3.51. The summed E-state index contributed by atoms with van der Waals surface area (Å²) in [6.45, 7) is 0.555. The molecule has 1 atom stereocenters. The van der Waals surface area contributed by atoms with Gasteiger partial charge in [-0.3, -0.25) is 0 Å². The van der Waals surface area contributed by atoms with Gasteiger partial charge in [0.1, 0.15) is 0 Å². The maximum atomic E-state index is 11.5. The molecular weight excluding hydrogens is 266 g/mol. The van der Waals surface area contributed by atoms with E-state index in [9.17, 15) is 8.42 Å². The van der Waals surface area contributed by atoms with Crippen LogP contribution in [-0.4, -0.2) is 25.5 Å². The first-order chi connectivity index (χ1) is 6.57. The summed E-state index contributed by atoms with van der Waals surface area (Å²) in [6, 6.07) is 0. The summed E-state index contributed by atoms with van der Waals surface area (Å²) in [5.41, 5.74) is 0. The Labute approximate surface area is 93.8 Å². The number of hydrogen-bond acceptors (Lipinski definition) is 2. The van der Waals surface area contributed by atoms with Crippen LogP contribution in [-0.2, 0) is 10.0 Å². The fourth-order valence-electron chi connectivity index (χ4n) is 1.48. The molecule has 1 N–H and O–H groups in total. The Morgan fingerprint density at radius 1 is 1.29 bits per heavy atom. The van der Waals surface area contributed by atoms with Gasteiger partial charge in [-0.2, -0.15) is 0 Å². The third-order valence-electron chi connectivity index (χ3n) is 2.78. The molecule has 0 bridgehead atoms. The van der Waals surface area contributed by atoms with Crippen LogP contribution in [0, 0.1) is 11.8 Å². The maximum Gasteiger partial charge on any atom is 0.211 e. The van der Waals surface area contributed by atoms with Gasteiger partial charge in [0.05, 0.1) is 5.75 Å². The predicted molar refractivity (Wildman–Crippen MR) is 60.0 cm³/mol. The maximum absolute atomic E-state index is 11.5. The van der Waals surface area contributed by atoms with Crippen molar-refractivity contribution < 1.29 is 8.42 Å². The van der Waals surface area contributed by atoms with Gasteiger partial charge in [0, 0.05) is 11.4 Å². The molecule has 0 radical (unpaired) electrons. The van der Waals surface area contributed by atoms with Crippen LogP contribution in [0.2, 0.25) is 0 Å². The Morgan fingerprint density at radius 3 is 2.43 bits per heavy atom. The largest absolute Gasteiger partial charge is 0.214 e. The van der Waals surface area contributed by atoms with Crippen LogP contribution in [0.25, 0.3) is 0 Å². The highest BCUT2D eigenvalue weighted by Crippen LogP contribution is 2.36. The Kier molecular flexibility index (Phi) is 3.19. The molecule has 0 spiro atoms. The van der Waals surface area contributed by atoms with Gasteiger partial charge in [-0.25, -0.2) is 13.1 Å². The van der Waals surface area contributed by atoms with E-state index in [0.29, 0.717) is 29.0 Å². The number of halogens is 1. The summed E-state index contributed by atoms with van der Waals surface area (Å²) in [4.78, 5) is 0.330. The highest BCUT2D eigenvalue weighted by molar-refractivity contribution is 9.09. The predicted octanol–water partition coefficient (Wildman–Crippen LogP) is 1.49. The second-order valence-electron chi connectivity index (χ2n) is 4.43. The second-order valence-corrected chi connectivity index (χ2v) is 7.45. The molecule has 0 aromatic rings. The number of sulfonamides is 1. The Balaban J connectivity index is 1.71. The van der Waals surface area contributed by atoms with Crippen molar-refractivity contribution in [3.05, 3.63) is 0 Å². The van der Waals surface area contributed by atoms with Gasteiger partial charge in [-0.15, -0.1) is 0 Å². The minimum absolute atomic E-state index is 0.330.